The van der Waals surface area contributed by atoms with Crippen molar-refractivity contribution in [3.63, 3.8) is 0 Å². The van der Waals surface area contributed by atoms with Gasteiger partial charge in [0.25, 0.3) is 0 Å². The molecule has 3 rings (SSSR count). The van der Waals surface area contributed by atoms with Gasteiger partial charge >= 0.3 is 6.01 Å². The van der Waals surface area contributed by atoms with Gasteiger partial charge in [0.15, 0.2) is 5.75 Å². The average Bonchev–Trinajstić information content (AvgIpc) is 2.97. The summed E-state index contributed by atoms with van der Waals surface area (Å²) >= 11 is 6.16. The van der Waals surface area contributed by atoms with Crippen molar-refractivity contribution in [3.8, 4) is 11.8 Å². The van der Waals surface area contributed by atoms with E-state index in [2.05, 4.69) is 19.9 Å². The van der Waals surface area contributed by atoms with Gasteiger partial charge in [0.2, 0.25) is 0 Å². The van der Waals surface area contributed by atoms with Crippen molar-refractivity contribution in [2.75, 3.05) is 25.1 Å². The highest BCUT2D eigenvalue weighted by Gasteiger charge is 2.26. The van der Waals surface area contributed by atoms with Gasteiger partial charge in [0.1, 0.15) is 6.10 Å². The second-order valence-electron chi connectivity index (χ2n) is 4.71. The first kappa shape index (κ1) is 13.9. The molecule has 0 N–H and O–H groups in total. The molecule has 110 valence electrons. The maximum absolute atomic E-state index is 6.16. The lowest BCUT2D eigenvalue weighted by Gasteiger charge is -2.19. The number of pyridine rings is 1. The molecule has 0 spiro atoms. The van der Waals surface area contributed by atoms with Gasteiger partial charge in [-0.2, -0.15) is 9.97 Å². The largest absolute Gasteiger partial charge is 0.494 e. The minimum Gasteiger partial charge on any atom is -0.494 e. The predicted molar refractivity (Wildman–Crippen MR) is 79.1 cm³/mol. The van der Waals surface area contributed by atoms with E-state index in [9.17, 15) is 0 Å². The van der Waals surface area contributed by atoms with Crippen molar-refractivity contribution < 1.29 is 9.47 Å². The summed E-state index contributed by atoms with van der Waals surface area (Å²) in [6.45, 7) is 1.63. The molecule has 7 heteroatoms. The third kappa shape index (κ3) is 3.16. The van der Waals surface area contributed by atoms with Crippen LogP contribution in [-0.4, -0.2) is 41.3 Å². The molecule has 0 aromatic carbocycles. The van der Waals surface area contributed by atoms with E-state index in [0.29, 0.717) is 16.8 Å². The standard InChI is InChI=1S/C14H15ClN4O2/c1-20-11-6-17-14(18-7-11)21-10-3-5-19(9-10)13-2-4-16-8-12(13)15/h2,4,6-8,10H,3,5,9H2,1H3. The zero-order valence-electron chi connectivity index (χ0n) is 11.6. The van der Waals surface area contributed by atoms with E-state index in [-0.39, 0.29) is 6.10 Å². The minimum absolute atomic E-state index is 0.0441. The van der Waals surface area contributed by atoms with E-state index in [1.165, 1.54) is 0 Å². The minimum atomic E-state index is 0.0441. The van der Waals surface area contributed by atoms with E-state index in [0.717, 1.165) is 25.2 Å². The van der Waals surface area contributed by atoms with Crippen LogP contribution in [0.3, 0.4) is 0 Å². The highest BCUT2D eigenvalue weighted by molar-refractivity contribution is 6.33. The van der Waals surface area contributed by atoms with Gasteiger partial charge in [-0.15, -0.1) is 0 Å². The number of methoxy groups -OCH3 is 1. The number of hydrogen-bond acceptors (Lipinski definition) is 6. The maximum Gasteiger partial charge on any atom is 0.316 e. The fourth-order valence-electron chi connectivity index (χ4n) is 2.29. The Hall–Kier alpha value is -2.08. The lowest BCUT2D eigenvalue weighted by atomic mass is 10.3. The van der Waals surface area contributed by atoms with Gasteiger partial charge in [-0.05, 0) is 6.07 Å². The number of anilines is 1. The molecule has 0 aliphatic carbocycles. The van der Waals surface area contributed by atoms with Gasteiger partial charge < -0.3 is 14.4 Å². The molecule has 1 fully saturated rings. The number of nitrogens with zero attached hydrogens (tertiary/aromatic N) is 4. The Morgan fingerprint density at radius 1 is 1.29 bits per heavy atom. The molecule has 1 saturated heterocycles. The third-order valence-electron chi connectivity index (χ3n) is 3.35. The van der Waals surface area contributed by atoms with E-state index >= 15 is 0 Å². The summed E-state index contributed by atoms with van der Waals surface area (Å²) in [5.74, 6) is 0.610. The topological polar surface area (TPSA) is 60.4 Å². The Morgan fingerprint density at radius 3 is 2.81 bits per heavy atom. The second kappa shape index (κ2) is 6.13. The quantitative estimate of drug-likeness (QED) is 0.863. The SMILES string of the molecule is COc1cnc(OC2CCN(c3ccncc3Cl)C2)nc1. The van der Waals surface area contributed by atoms with Crippen LogP contribution in [0.15, 0.2) is 30.9 Å². The third-order valence-corrected chi connectivity index (χ3v) is 3.64. The Morgan fingerprint density at radius 2 is 2.10 bits per heavy atom. The molecular weight excluding hydrogens is 292 g/mol. The molecule has 2 aromatic heterocycles. The summed E-state index contributed by atoms with van der Waals surface area (Å²) in [6.07, 6.45) is 7.51. The molecule has 1 aliphatic rings. The summed E-state index contributed by atoms with van der Waals surface area (Å²) in [5, 5.41) is 0.652. The molecule has 3 heterocycles. The first-order valence-electron chi connectivity index (χ1n) is 6.63. The van der Waals surface area contributed by atoms with Gasteiger partial charge in [0, 0.05) is 25.4 Å². The summed E-state index contributed by atoms with van der Waals surface area (Å²) in [7, 11) is 1.58. The van der Waals surface area contributed by atoms with Gasteiger partial charge in [-0.25, -0.2) is 0 Å². The second-order valence-corrected chi connectivity index (χ2v) is 5.11. The lowest BCUT2D eigenvalue weighted by molar-refractivity contribution is 0.205. The summed E-state index contributed by atoms with van der Waals surface area (Å²) in [5.41, 5.74) is 0.980. The highest BCUT2D eigenvalue weighted by Crippen LogP contribution is 2.28. The Balaban J connectivity index is 1.63. The molecule has 2 aromatic rings. The van der Waals surface area contributed by atoms with Gasteiger partial charge in [0.05, 0.1) is 36.8 Å². The van der Waals surface area contributed by atoms with Crippen LogP contribution in [0.5, 0.6) is 11.8 Å². The molecule has 1 unspecified atom stereocenters. The zero-order valence-corrected chi connectivity index (χ0v) is 12.3. The van der Waals surface area contributed by atoms with Crippen molar-refractivity contribution in [2.24, 2.45) is 0 Å². The van der Waals surface area contributed by atoms with Crippen LogP contribution in [0.2, 0.25) is 5.02 Å². The van der Waals surface area contributed by atoms with Gasteiger partial charge in [-0.3, -0.25) is 4.98 Å². The molecule has 0 saturated carbocycles. The molecule has 1 aliphatic heterocycles. The molecule has 6 nitrogen and oxygen atoms in total. The van der Waals surface area contributed by atoms with Crippen LogP contribution in [0, 0.1) is 0 Å². The molecule has 21 heavy (non-hydrogen) atoms. The summed E-state index contributed by atoms with van der Waals surface area (Å²) < 4.78 is 10.8. The predicted octanol–water partition coefficient (Wildman–Crippen LogP) is 2.19. The smallest absolute Gasteiger partial charge is 0.316 e. The van der Waals surface area contributed by atoms with E-state index in [4.69, 9.17) is 21.1 Å². The van der Waals surface area contributed by atoms with E-state index in [1.807, 2.05) is 6.07 Å². The molecular formula is C14H15ClN4O2. The van der Waals surface area contributed by atoms with E-state index in [1.54, 1.807) is 31.9 Å². The molecule has 0 radical (unpaired) electrons. The Labute approximate surface area is 127 Å². The Kier molecular flexibility index (Phi) is 4.06. The van der Waals surface area contributed by atoms with Gasteiger partial charge in [-0.1, -0.05) is 11.6 Å². The molecule has 1 atom stereocenters. The maximum atomic E-state index is 6.16. The lowest BCUT2D eigenvalue weighted by Crippen LogP contribution is -2.25. The van der Waals surface area contributed by atoms with Crippen molar-refractivity contribution in [3.05, 3.63) is 35.9 Å². The fraction of sp³-hybridized carbons (Fsp3) is 0.357. The van der Waals surface area contributed by atoms with Crippen LogP contribution in [-0.2, 0) is 0 Å². The fourth-order valence-corrected chi connectivity index (χ4v) is 2.53. The highest BCUT2D eigenvalue weighted by atomic mass is 35.5. The monoisotopic (exact) mass is 306 g/mol. The zero-order chi connectivity index (χ0) is 14.7. The normalized spacial score (nSPS) is 17.8. The van der Waals surface area contributed by atoms with Crippen LogP contribution < -0.4 is 14.4 Å². The van der Waals surface area contributed by atoms with Crippen molar-refractivity contribution >= 4 is 17.3 Å². The average molecular weight is 307 g/mol. The van der Waals surface area contributed by atoms with Crippen LogP contribution in [0.4, 0.5) is 5.69 Å². The number of halogens is 1. The van der Waals surface area contributed by atoms with Crippen molar-refractivity contribution in [1.29, 1.82) is 0 Å². The van der Waals surface area contributed by atoms with E-state index < -0.39 is 0 Å². The number of hydrogen-bond donors (Lipinski definition) is 0. The molecule has 0 bridgehead atoms. The molecule has 0 amide bonds. The van der Waals surface area contributed by atoms with Crippen LogP contribution in [0.25, 0.3) is 0 Å². The number of rotatable bonds is 4. The van der Waals surface area contributed by atoms with Crippen LogP contribution >= 0.6 is 11.6 Å². The first-order valence-corrected chi connectivity index (χ1v) is 7.01. The number of aromatic nitrogens is 3. The summed E-state index contributed by atoms with van der Waals surface area (Å²) in [6, 6.07) is 2.28. The summed E-state index contributed by atoms with van der Waals surface area (Å²) in [4.78, 5) is 14.4. The Bertz CT molecular complexity index is 608. The van der Waals surface area contributed by atoms with Crippen molar-refractivity contribution in [1.82, 2.24) is 15.0 Å². The first-order chi connectivity index (χ1) is 10.3. The van der Waals surface area contributed by atoms with Crippen LogP contribution in [0.1, 0.15) is 6.42 Å². The van der Waals surface area contributed by atoms with Crippen molar-refractivity contribution in [2.45, 2.75) is 12.5 Å². The number of ether oxygens (including phenoxy) is 2.